The predicted octanol–water partition coefficient (Wildman–Crippen LogP) is 10.1. The Hall–Kier alpha value is -6.39. The van der Waals surface area contributed by atoms with Gasteiger partial charge < -0.3 is 0 Å². The summed E-state index contributed by atoms with van der Waals surface area (Å²) in [7, 11) is 0. The molecule has 2 aliphatic rings. The predicted molar refractivity (Wildman–Crippen MR) is 193 cm³/mol. The van der Waals surface area contributed by atoms with Gasteiger partial charge >= 0.3 is 0 Å². The summed E-state index contributed by atoms with van der Waals surface area (Å²) in [4.78, 5) is 16.3. The summed E-state index contributed by atoms with van der Waals surface area (Å²) in [5, 5.41) is 3.31. The van der Waals surface area contributed by atoms with Crippen molar-refractivity contribution in [3.05, 3.63) is 180 Å². The van der Waals surface area contributed by atoms with Crippen molar-refractivity contribution in [2.45, 2.75) is 5.41 Å². The van der Waals surface area contributed by atoms with E-state index in [0.29, 0.717) is 5.82 Å². The molecule has 0 unspecified atom stereocenters. The van der Waals surface area contributed by atoms with Crippen LogP contribution in [0.3, 0.4) is 0 Å². The van der Waals surface area contributed by atoms with E-state index in [1.165, 1.54) is 27.8 Å². The van der Waals surface area contributed by atoms with Gasteiger partial charge in [0.15, 0.2) is 5.82 Å². The van der Waals surface area contributed by atoms with E-state index in [1.807, 2.05) is 6.07 Å². The molecule has 7 aromatic carbocycles. The zero-order valence-electron chi connectivity index (χ0n) is 25.8. The Morgan fingerprint density at radius 3 is 1.94 bits per heavy atom. The third kappa shape index (κ3) is 3.16. The molecule has 0 atom stereocenters. The Morgan fingerprint density at radius 2 is 1.12 bits per heavy atom. The molecule has 1 spiro atoms. The molecule has 0 bridgehead atoms. The lowest BCUT2D eigenvalue weighted by molar-refractivity contribution is 0.738. The van der Waals surface area contributed by atoms with Crippen molar-refractivity contribution in [3.63, 3.8) is 0 Å². The monoisotopic (exact) mass is 610 g/mol. The summed E-state index contributed by atoms with van der Waals surface area (Å²) in [6.45, 7) is 0. The Balaban J connectivity index is 1.27. The molecule has 4 heteroatoms. The molecule has 0 N–H and O–H groups in total. The van der Waals surface area contributed by atoms with Crippen molar-refractivity contribution >= 4 is 32.7 Å². The van der Waals surface area contributed by atoms with E-state index < -0.39 is 5.41 Å². The van der Waals surface area contributed by atoms with E-state index >= 15 is 0 Å². The average molecular weight is 611 g/mol. The smallest absolute Gasteiger partial charge is 0.162 e. The summed E-state index contributed by atoms with van der Waals surface area (Å²) in [6, 6.07) is 56.1. The Kier molecular flexibility index (Phi) is 5.01. The molecule has 222 valence electrons. The second-order valence-electron chi connectivity index (χ2n) is 12.7. The molecule has 0 radical (unpaired) electrons. The number of para-hydroxylation sites is 2. The van der Waals surface area contributed by atoms with Gasteiger partial charge in [0.1, 0.15) is 11.2 Å². The normalized spacial score (nSPS) is 13.6. The molecule has 0 fully saturated rings. The van der Waals surface area contributed by atoms with Crippen LogP contribution in [-0.4, -0.2) is 19.5 Å². The minimum absolute atomic E-state index is 0.532. The van der Waals surface area contributed by atoms with Crippen LogP contribution in [0.15, 0.2) is 158 Å². The molecule has 2 aromatic heterocycles. The fourth-order valence-corrected chi connectivity index (χ4v) is 8.47. The first-order valence-electron chi connectivity index (χ1n) is 16.4. The largest absolute Gasteiger partial charge is 0.294 e. The molecule has 3 heterocycles. The minimum Gasteiger partial charge on any atom is -0.294 e. The number of fused-ring (bicyclic) bond motifs is 15. The molecular formula is C44H26N4. The first-order chi connectivity index (χ1) is 23.8. The molecule has 0 saturated carbocycles. The number of benzene rings is 7. The second-order valence-corrected chi connectivity index (χ2v) is 12.7. The molecular weight excluding hydrogens is 585 g/mol. The van der Waals surface area contributed by atoms with Gasteiger partial charge in [-0.15, -0.1) is 0 Å². The number of hydrogen-bond donors (Lipinski definition) is 0. The number of aromatic nitrogens is 4. The Labute approximate surface area is 276 Å². The quantitative estimate of drug-likeness (QED) is 0.183. The van der Waals surface area contributed by atoms with Gasteiger partial charge in [-0.2, -0.15) is 0 Å². The fraction of sp³-hybridized carbons (Fsp3) is 0.0227. The van der Waals surface area contributed by atoms with Gasteiger partial charge in [-0.1, -0.05) is 133 Å². The first-order valence-corrected chi connectivity index (χ1v) is 16.4. The fourth-order valence-electron chi connectivity index (χ4n) is 8.47. The number of imidazole rings is 1. The van der Waals surface area contributed by atoms with Gasteiger partial charge in [0.2, 0.25) is 0 Å². The lowest BCUT2D eigenvalue weighted by Crippen LogP contribution is -2.27. The summed E-state index contributed by atoms with van der Waals surface area (Å²) >= 11 is 0. The van der Waals surface area contributed by atoms with E-state index in [0.717, 1.165) is 61.0 Å². The van der Waals surface area contributed by atoms with Crippen LogP contribution in [-0.2, 0) is 5.41 Å². The molecule has 4 nitrogen and oxygen atoms in total. The summed E-state index contributed by atoms with van der Waals surface area (Å²) in [5.41, 5.74) is 12.8. The first kappa shape index (κ1) is 25.8. The lowest BCUT2D eigenvalue weighted by atomic mass is 9.73. The van der Waals surface area contributed by atoms with Crippen molar-refractivity contribution < 1.29 is 0 Å². The summed E-state index contributed by atoms with van der Waals surface area (Å²) in [5.74, 6) is 1.70. The van der Waals surface area contributed by atoms with Crippen LogP contribution in [0.25, 0.3) is 72.2 Å². The molecule has 11 rings (SSSR count). The summed E-state index contributed by atoms with van der Waals surface area (Å²) < 4.78 is 2.39. The van der Waals surface area contributed by atoms with Crippen LogP contribution in [0.2, 0.25) is 0 Å². The van der Waals surface area contributed by atoms with E-state index in [9.17, 15) is 0 Å². The van der Waals surface area contributed by atoms with E-state index in [1.54, 1.807) is 0 Å². The minimum atomic E-state index is -0.532. The standard InChI is InChI=1S/C44H26N4/c1-2-14-28(15-3-1)39-32-26-25-27-13-4-5-16-29(27)40(32)47-42(46-39)33-19-12-23-37-41(33)48-38-24-11-10-22-36(38)44(43(48)45-37)34-20-8-6-17-30(34)31-18-7-9-21-35(31)44/h1-26H. The van der Waals surface area contributed by atoms with Gasteiger partial charge in [0, 0.05) is 21.9 Å². The van der Waals surface area contributed by atoms with Gasteiger partial charge in [-0.25, -0.2) is 15.0 Å². The van der Waals surface area contributed by atoms with E-state index in [2.05, 4.69) is 156 Å². The SMILES string of the molecule is c1ccc(-c2nc(-c3cccc4nc5n(c34)-c3ccccc3C53c4ccccc4-c4ccccc43)nc3c2ccc2ccccc23)cc1. The van der Waals surface area contributed by atoms with E-state index in [-0.39, 0.29) is 0 Å². The second kappa shape index (κ2) is 9.34. The highest BCUT2D eigenvalue weighted by atomic mass is 15.1. The Bertz CT molecular complexity index is 2750. The maximum atomic E-state index is 5.53. The number of rotatable bonds is 2. The molecule has 0 saturated heterocycles. The number of hydrogen-bond acceptors (Lipinski definition) is 3. The van der Waals surface area contributed by atoms with Crippen LogP contribution in [0.5, 0.6) is 0 Å². The zero-order valence-corrected chi connectivity index (χ0v) is 25.8. The molecule has 1 aliphatic carbocycles. The molecule has 1 aliphatic heterocycles. The third-order valence-electron chi connectivity index (χ3n) is 10.4. The molecule has 0 amide bonds. The maximum absolute atomic E-state index is 5.53. The van der Waals surface area contributed by atoms with Crippen LogP contribution in [0, 0.1) is 0 Å². The van der Waals surface area contributed by atoms with Crippen molar-refractivity contribution in [2.75, 3.05) is 0 Å². The van der Waals surface area contributed by atoms with Crippen LogP contribution in [0.4, 0.5) is 0 Å². The Morgan fingerprint density at radius 1 is 0.458 bits per heavy atom. The maximum Gasteiger partial charge on any atom is 0.162 e. The van der Waals surface area contributed by atoms with Crippen molar-refractivity contribution in [1.82, 2.24) is 19.5 Å². The molecule has 48 heavy (non-hydrogen) atoms. The van der Waals surface area contributed by atoms with Crippen LogP contribution < -0.4 is 0 Å². The van der Waals surface area contributed by atoms with Gasteiger partial charge in [0.25, 0.3) is 0 Å². The average Bonchev–Trinajstić information content (AvgIpc) is 3.78. The molecule has 9 aromatic rings. The lowest BCUT2D eigenvalue weighted by Gasteiger charge is -2.27. The highest BCUT2D eigenvalue weighted by Crippen LogP contribution is 2.60. The van der Waals surface area contributed by atoms with E-state index in [4.69, 9.17) is 15.0 Å². The van der Waals surface area contributed by atoms with Crippen LogP contribution in [0.1, 0.15) is 22.5 Å². The van der Waals surface area contributed by atoms with Crippen LogP contribution >= 0.6 is 0 Å². The number of nitrogens with zero attached hydrogens (tertiary/aromatic N) is 4. The van der Waals surface area contributed by atoms with Gasteiger partial charge in [0.05, 0.1) is 27.9 Å². The van der Waals surface area contributed by atoms with Gasteiger partial charge in [-0.3, -0.25) is 4.57 Å². The van der Waals surface area contributed by atoms with Crippen molar-refractivity contribution in [3.8, 4) is 39.5 Å². The third-order valence-corrected chi connectivity index (χ3v) is 10.4. The highest BCUT2D eigenvalue weighted by molar-refractivity contribution is 6.10. The summed E-state index contributed by atoms with van der Waals surface area (Å²) in [6.07, 6.45) is 0. The van der Waals surface area contributed by atoms with Crippen molar-refractivity contribution in [1.29, 1.82) is 0 Å². The van der Waals surface area contributed by atoms with Crippen molar-refractivity contribution in [2.24, 2.45) is 0 Å². The highest BCUT2D eigenvalue weighted by Gasteiger charge is 2.54. The topological polar surface area (TPSA) is 43.6 Å². The zero-order chi connectivity index (χ0) is 31.4. The van der Waals surface area contributed by atoms with Gasteiger partial charge in [-0.05, 0) is 57.5 Å².